The van der Waals surface area contributed by atoms with Crippen molar-refractivity contribution in [2.45, 2.75) is 26.8 Å². The van der Waals surface area contributed by atoms with Crippen molar-refractivity contribution in [3.8, 4) is 0 Å². The van der Waals surface area contributed by atoms with E-state index in [9.17, 15) is 0 Å². The van der Waals surface area contributed by atoms with E-state index in [2.05, 4.69) is 23.9 Å². The SMILES string of the molecule is CCN(CCN)C(C)c1cnoc1C. The molecule has 80 valence electrons. The van der Waals surface area contributed by atoms with Gasteiger partial charge in [0.2, 0.25) is 0 Å². The van der Waals surface area contributed by atoms with Crippen LogP contribution < -0.4 is 5.73 Å². The molecule has 0 amide bonds. The summed E-state index contributed by atoms with van der Waals surface area (Å²) in [7, 11) is 0. The van der Waals surface area contributed by atoms with Crippen LogP contribution in [0.1, 0.15) is 31.2 Å². The summed E-state index contributed by atoms with van der Waals surface area (Å²) in [5.74, 6) is 0.896. The zero-order valence-corrected chi connectivity index (χ0v) is 9.16. The largest absolute Gasteiger partial charge is 0.361 e. The molecule has 1 rings (SSSR count). The number of hydrogen-bond donors (Lipinski definition) is 1. The molecule has 0 aliphatic carbocycles. The predicted molar refractivity (Wildman–Crippen MR) is 56.0 cm³/mol. The molecule has 0 radical (unpaired) electrons. The molecule has 0 spiro atoms. The van der Waals surface area contributed by atoms with E-state index in [1.807, 2.05) is 6.92 Å². The summed E-state index contributed by atoms with van der Waals surface area (Å²) in [6.45, 7) is 8.80. The Morgan fingerprint density at radius 3 is 2.79 bits per heavy atom. The van der Waals surface area contributed by atoms with Gasteiger partial charge in [0.15, 0.2) is 0 Å². The first-order chi connectivity index (χ1) is 6.70. The Labute approximate surface area is 85.1 Å². The first kappa shape index (κ1) is 11.2. The van der Waals surface area contributed by atoms with Crippen LogP contribution in [0.3, 0.4) is 0 Å². The van der Waals surface area contributed by atoms with Crippen molar-refractivity contribution >= 4 is 0 Å². The van der Waals surface area contributed by atoms with Crippen molar-refractivity contribution in [3.05, 3.63) is 17.5 Å². The number of aromatic nitrogens is 1. The maximum absolute atomic E-state index is 5.55. The van der Waals surface area contributed by atoms with E-state index in [0.717, 1.165) is 24.4 Å². The average Bonchev–Trinajstić information content (AvgIpc) is 2.59. The molecule has 0 aromatic carbocycles. The highest BCUT2D eigenvalue weighted by atomic mass is 16.5. The fourth-order valence-electron chi connectivity index (χ4n) is 1.70. The van der Waals surface area contributed by atoms with Gasteiger partial charge in [-0.1, -0.05) is 12.1 Å². The standard InChI is InChI=1S/C10H19N3O/c1-4-13(6-5-11)8(2)10-7-12-14-9(10)3/h7-8H,4-6,11H2,1-3H3. The van der Waals surface area contributed by atoms with E-state index in [1.54, 1.807) is 6.20 Å². The Kier molecular flexibility index (Phi) is 4.10. The highest BCUT2D eigenvalue weighted by Gasteiger charge is 2.17. The summed E-state index contributed by atoms with van der Waals surface area (Å²) < 4.78 is 5.05. The van der Waals surface area contributed by atoms with E-state index >= 15 is 0 Å². The van der Waals surface area contributed by atoms with Crippen LogP contribution in [0.4, 0.5) is 0 Å². The third kappa shape index (κ3) is 2.33. The van der Waals surface area contributed by atoms with Crippen LogP contribution in [0.15, 0.2) is 10.7 Å². The molecule has 1 unspecified atom stereocenters. The molecule has 1 aromatic rings. The summed E-state index contributed by atoms with van der Waals surface area (Å²) in [6.07, 6.45) is 1.79. The minimum Gasteiger partial charge on any atom is -0.361 e. The zero-order chi connectivity index (χ0) is 10.6. The fraction of sp³-hybridized carbons (Fsp3) is 0.700. The third-order valence-corrected chi connectivity index (χ3v) is 2.61. The Morgan fingerprint density at radius 1 is 1.64 bits per heavy atom. The molecular weight excluding hydrogens is 178 g/mol. The van der Waals surface area contributed by atoms with Crippen molar-refractivity contribution in [2.24, 2.45) is 5.73 Å². The molecule has 1 aromatic heterocycles. The summed E-state index contributed by atoms with van der Waals surface area (Å²) in [6, 6.07) is 0.329. The van der Waals surface area contributed by atoms with Crippen LogP contribution in [0.25, 0.3) is 0 Å². The molecule has 14 heavy (non-hydrogen) atoms. The lowest BCUT2D eigenvalue weighted by Gasteiger charge is -2.26. The molecular formula is C10H19N3O. The van der Waals surface area contributed by atoms with Crippen molar-refractivity contribution < 1.29 is 4.52 Å². The van der Waals surface area contributed by atoms with Crippen LogP contribution in [-0.2, 0) is 0 Å². The quantitative estimate of drug-likeness (QED) is 0.773. The lowest BCUT2D eigenvalue weighted by atomic mass is 10.1. The van der Waals surface area contributed by atoms with E-state index in [0.29, 0.717) is 12.6 Å². The maximum Gasteiger partial charge on any atom is 0.138 e. The van der Waals surface area contributed by atoms with Gasteiger partial charge < -0.3 is 10.3 Å². The van der Waals surface area contributed by atoms with E-state index < -0.39 is 0 Å². The normalized spacial score (nSPS) is 13.5. The molecule has 0 aliphatic heterocycles. The number of likely N-dealkylation sites (N-methyl/N-ethyl adjacent to an activating group) is 1. The van der Waals surface area contributed by atoms with Gasteiger partial charge in [0, 0.05) is 24.7 Å². The Balaban J connectivity index is 2.72. The van der Waals surface area contributed by atoms with Crippen LogP contribution >= 0.6 is 0 Å². The topological polar surface area (TPSA) is 55.3 Å². The van der Waals surface area contributed by atoms with Gasteiger partial charge in [0.25, 0.3) is 0 Å². The molecule has 0 saturated heterocycles. The molecule has 1 heterocycles. The van der Waals surface area contributed by atoms with Crippen LogP contribution in [0, 0.1) is 6.92 Å². The number of nitrogens with two attached hydrogens (primary N) is 1. The second-order valence-electron chi connectivity index (χ2n) is 3.43. The summed E-state index contributed by atoms with van der Waals surface area (Å²) in [4.78, 5) is 2.31. The van der Waals surface area contributed by atoms with Crippen molar-refractivity contribution in [3.63, 3.8) is 0 Å². The monoisotopic (exact) mass is 197 g/mol. The first-order valence-electron chi connectivity index (χ1n) is 5.06. The van der Waals surface area contributed by atoms with Gasteiger partial charge in [-0.25, -0.2) is 0 Å². The first-order valence-corrected chi connectivity index (χ1v) is 5.06. The van der Waals surface area contributed by atoms with Gasteiger partial charge in [0.1, 0.15) is 5.76 Å². The van der Waals surface area contributed by atoms with Crippen molar-refractivity contribution in [2.75, 3.05) is 19.6 Å². The van der Waals surface area contributed by atoms with E-state index in [1.165, 1.54) is 0 Å². The van der Waals surface area contributed by atoms with Gasteiger partial charge in [0.05, 0.1) is 6.20 Å². The van der Waals surface area contributed by atoms with E-state index in [4.69, 9.17) is 10.3 Å². The zero-order valence-electron chi connectivity index (χ0n) is 9.16. The lowest BCUT2D eigenvalue weighted by molar-refractivity contribution is 0.226. The molecule has 2 N–H and O–H groups in total. The van der Waals surface area contributed by atoms with Crippen molar-refractivity contribution in [1.82, 2.24) is 10.1 Å². The van der Waals surface area contributed by atoms with Crippen LogP contribution in [-0.4, -0.2) is 29.7 Å². The second kappa shape index (κ2) is 5.12. The van der Waals surface area contributed by atoms with Gasteiger partial charge in [-0.05, 0) is 20.4 Å². The van der Waals surface area contributed by atoms with Gasteiger partial charge >= 0.3 is 0 Å². The third-order valence-electron chi connectivity index (χ3n) is 2.61. The Morgan fingerprint density at radius 2 is 2.36 bits per heavy atom. The number of rotatable bonds is 5. The fourth-order valence-corrected chi connectivity index (χ4v) is 1.70. The molecule has 0 bridgehead atoms. The van der Waals surface area contributed by atoms with Crippen LogP contribution in [0.5, 0.6) is 0 Å². The molecule has 4 heteroatoms. The van der Waals surface area contributed by atoms with Crippen LogP contribution in [0.2, 0.25) is 0 Å². The molecule has 0 aliphatic rings. The number of nitrogens with zero attached hydrogens (tertiary/aromatic N) is 2. The predicted octanol–water partition coefficient (Wildman–Crippen LogP) is 1.32. The number of hydrogen-bond acceptors (Lipinski definition) is 4. The van der Waals surface area contributed by atoms with Crippen molar-refractivity contribution in [1.29, 1.82) is 0 Å². The maximum atomic E-state index is 5.55. The summed E-state index contributed by atoms with van der Waals surface area (Å²) >= 11 is 0. The Hall–Kier alpha value is -0.870. The molecule has 4 nitrogen and oxygen atoms in total. The average molecular weight is 197 g/mol. The highest BCUT2D eigenvalue weighted by Crippen LogP contribution is 2.22. The molecule has 1 atom stereocenters. The van der Waals surface area contributed by atoms with E-state index in [-0.39, 0.29) is 0 Å². The highest BCUT2D eigenvalue weighted by molar-refractivity contribution is 5.16. The van der Waals surface area contributed by atoms with Gasteiger partial charge in [-0.3, -0.25) is 4.90 Å². The molecule has 0 saturated carbocycles. The summed E-state index contributed by atoms with van der Waals surface area (Å²) in [5.41, 5.74) is 6.71. The van der Waals surface area contributed by atoms with Gasteiger partial charge in [-0.2, -0.15) is 0 Å². The Bertz CT molecular complexity index is 272. The summed E-state index contributed by atoms with van der Waals surface area (Å²) in [5, 5.41) is 3.79. The minimum absolute atomic E-state index is 0.329. The second-order valence-corrected chi connectivity index (χ2v) is 3.43. The molecule has 0 fully saturated rings. The smallest absolute Gasteiger partial charge is 0.138 e. The lowest BCUT2D eigenvalue weighted by Crippen LogP contribution is -2.32. The number of aryl methyl sites for hydroxylation is 1. The van der Waals surface area contributed by atoms with Gasteiger partial charge in [-0.15, -0.1) is 0 Å². The minimum atomic E-state index is 0.329.